The maximum atomic E-state index is 5.93. The molecule has 1 fully saturated rings. The summed E-state index contributed by atoms with van der Waals surface area (Å²) in [5, 5.41) is 7.29. The smallest absolute Gasteiger partial charge is 0.0617 e. The zero-order chi connectivity index (χ0) is 40.8. The van der Waals surface area contributed by atoms with Crippen LogP contribution in [0.15, 0.2) is 70.1 Å². The van der Waals surface area contributed by atoms with Crippen molar-refractivity contribution in [2.75, 3.05) is 86.2 Å². The highest BCUT2D eigenvalue weighted by molar-refractivity contribution is 5.77. The summed E-state index contributed by atoms with van der Waals surface area (Å²) in [5.74, 6) is 2.25. The lowest BCUT2D eigenvalue weighted by molar-refractivity contribution is 0.0975. The lowest BCUT2D eigenvalue weighted by Crippen LogP contribution is -2.40. The highest BCUT2D eigenvalue weighted by Gasteiger charge is 2.31. The fourth-order valence-corrected chi connectivity index (χ4v) is 9.51. The Morgan fingerprint density at radius 2 is 1.81 bits per heavy atom. The third-order valence-corrected chi connectivity index (χ3v) is 12.8. The van der Waals surface area contributed by atoms with E-state index in [0.717, 1.165) is 109 Å². The second-order valence-corrected chi connectivity index (χ2v) is 17.8. The zero-order valence-electron chi connectivity index (χ0n) is 37.2. The van der Waals surface area contributed by atoms with Crippen LogP contribution in [0.5, 0.6) is 0 Å². The summed E-state index contributed by atoms with van der Waals surface area (Å²) in [6, 6.07) is 5.21. The van der Waals surface area contributed by atoms with Crippen LogP contribution >= 0.6 is 0 Å². The van der Waals surface area contributed by atoms with Crippen molar-refractivity contribution in [3.63, 3.8) is 0 Å². The molecule has 1 aliphatic carbocycles. The lowest BCUT2D eigenvalue weighted by atomic mass is 9.73. The summed E-state index contributed by atoms with van der Waals surface area (Å²) in [6.45, 7) is 17.9. The standard InChI is InChI=1S/C49H80N8O/c1-6-48-46(20-15-27-53-48)47-21-16-28-54-49(47)23-30-57(29-22-44-18-10-13-25-51-44)37-43-34-41(33-42(35-43)36-56(5)38-45-19-11-14-26-52-45)17-9-8-12-24-50-40(3)39-58-32-31-55(4)7-2/h10-11,13-14,16,19,21,25,27-28,40-44,50,52H,6-9,12,15,17-18,20,22-24,26,29-39H2,1-5H3. The van der Waals surface area contributed by atoms with Crippen molar-refractivity contribution in [1.82, 2.24) is 30.3 Å². The van der Waals surface area contributed by atoms with E-state index >= 15 is 0 Å². The van der Waals surface area contributed by atoms with Gasteiger partial charge in [-0.2, -0.15) is 0 Å². The molecule has 322 valence electrons. The van der Waals surface area contributed by atoms with E-state index in [1.165, 1.54) is 86.3 Å². The van der Waals surface area contributed by atoms with Gasteiger partial charge in [-0.25, -0.2) is 0 Å². The SMILES string of the molecule is CCC1=C(c2cccnc2CCN(CCC2CC=CC=N2)CC2CC(CCCCCNC(C)COCCN(C)CC)CC(CN(C)CC3=CC=CCN3)C2)CCC=N1. The Kier molecular flexibility index (Phi) is 20.9. The van der Waals surface area contributed by atoms with Gasteiger partial charge >= 0.3 is 0 Å². The Morgan fingerprint density at radius 1 is 0.948 bits per heavy atom. The van der Waals surface area contributed by atoms with Crippen molar-refractivity contribution < 1.29 is 4.74 Å². The minimum atomic E-state index is 0.395. The van der Waals surface area contributed by atoms with Gasteiger partial charge in [0.05, 0.1) is 19.3 Å². The molecule has 4 heterocycles. The van der Waals surface area contributed by atoms with Crippen LogP contribution in [0.4, 0.5) is 0 Å². The first-order valence-corrected chi connectivity index (χ1v) is 23.3. The number of likely N-dealkylation sites (N-methyl/N-ethyl adjacent to an activating group) is 2. The number of allylic oxidation sites excluding steroid dienone is 5. The predicted molar refractivity (Wildman–Crippen MR) is 247 cm³/mol. The van der Waals surface area contributed by atoms with Crippen LogP contribution in [-0.4, -0.2) is 130 Å². The molecule has 1 aromatic rings. The van der Waals surface area contributed by atoms with E-state index in [1.807, 2.05) is 12.4 Å². The first-order valence-electron chi connectivity index (χ1n) is 23.3. The van der Waals surface area contributed by atoms with Crippen LogP contribution < -0.4 is 10.6 Å². The van der Waals surface area contributed by atoms with Gasteiger partial charge in [-0.1, -0.05) is 57.4 Å². The molecule has 0 radical (unpaired) electrons. The van der Waals surface area contributed by atoms with Gasteiger partial charge in [0.1, 0.15) is 0 Å². The van der Waals surface area contributed by atoms with Crippen LogP contribution in [-0.2, 0) is 11.2 Å². The van der Waals surface area contributed by atoms with Crippen molar-refractivity contribution in [3.05, 3.63) is 71.4 Å². The number of hydrogen-bond donors (Lipinski definition) is 2. The van der Waals surface area contributed by atoms with E-state index in [4.69, 9.17) is 19.7 Å². The molecular formula is C49H80N8O. The van der Waals surface area contributed by atoms with Crippen molar-refractivity contribution in [2.24, 2.45) is 27.7 Å². The van der Waals surface area contributed by atoms with E-state index in [0.29, 0.717) is 18.0 Å². The van der Waals surface area contributed by atoms with E-state index in [2.05, 4.69) is 109 Å². The van der Waals surface area contributed by atoms with Crippen molar-refractivity contribution >= 4 is 18.0 Å². The van der Waals surface area contributed by atoms with Gasteiger partial charge in [-0.05, 0) is 133 Å². The summed E-state index contributed by atoms with van der Waals surface area (Å²) >= 11 is 0. The number of ether oxygens (including phenoxy) is 1. The van der Waals surface area contributed by atoms with Gasteiger partial charge in [-0.3, -0.25) is 15.0 Å². The average Bonchev–Trinajstić information content (AvgIpc) is 3.25. The molecule has 0 aromatic carbocycles. The molecule has 0 amide bonds. The van der Waals surface area contributed by atoms with Crippen molar-refractivity contribution in [3.8, 4) is 0 Å². The lowest BCUT2D eigenvalue weighted by Gasteiger charge is -2.39. The van der Waals surface area contributed by atoms with Gasteiger partial charge in [-0.15, -0.1) is 0 Å². The number of unbranched alkanes of at least 4 members (excludes halogenated alkanes) is 2. The summed E-state index contributed by atoms with van der Waals surface area (Å²) in [7, 11) is 4.48. The van der Waals surface area contributed by atoms with E-state index in [9.17, 15) is 0 Å². The maximum absolute atomic E-state index is 5.93. The summed E-state index contributed by atoms with van der Waals surface area (Å²) in [6.07, 6.45) is 32.6. The molecule has 1 aromatic heterocycles. The Bertz CT molecular complexity index is 1520. The van der Waals surface area contributed by atoms with Crippen LogP contribution in [0, 0.1) is 17.8 Å². The van der Waals surface area contributed by atoms with Gasteiger partial charge in [0.15, 0.2) is 0 Å². The Morgan fingerprint density at radius 3 is 2.60 bits per heavy atom. The molecule has 4 aliphatic rings. The van der Waals surface area contributed by atoms with E-state index in [1.54, 1.807) is 0 Å². The summed E-state index contributed by atoms with van der Waals surface area (Å²) in [5.41, 5.74) is 6.55. The molecule has 0 spiro atoms. The van der Waals surface area contributed by atoms with Gasteiger partial charge in [0.2, 0.25) is 0 Å². The minimum absolute atomic E-state index is 0.395. The van der Waals surface area contributed by atoms with Gasteiger partial charge in [0, 0.05) is 99.6 Å². The second kappa shape index (κ2) is 26.3. The number of nitrogens with one attached hydrogen (secondary N) is 2. The zero-order valence-corrected chi connectivity index (χ0v) is 37.2. The monoisotopic (exact) mass is 797 g/mol. The summed E-state index contributed by atoms with van der Waals surface area (Å²) in [4.78, 5) is 22.3. The number of hydrogen-bond acceptors (Lipinski definition) is 9. The quantitative estimate of drug-likeness (QED) is 0.0870. The normalized spacial score (nSPS) is 22.7. The molecule has 5 atom stereocenters. The van der Waals surface area contributed by atoms with Gasteiger partial charge < -0.3 is 30.1 Å². The molecule has 9 heteroatoms. The molecule has 5 rings (SSSR count). The first kappa shape index (κ1) is 46.1. The maximum Gasteiger partial charge on any atom is 0.0617 e. The number of aromatic nitrogens is 1. The molecular weight excluding hydrogens is 717 g/mol. The molecule has 5 unspecified atom stereocenters. The molecule has 3 aliphatic heterocycles. The van der Waals surface area contributed by atoms with Gasteiger partial charge in [0.25, 0.3) is 0 Å². The molecule has 9 nitrogen and oxygen atoms in total. The Hall–Kier alpha value is -2.95. The van der Waals surface area contributed by atoms with Crippen LogP contribution in [0.1, 0.15) is 109 Å². The summed E-state index contributed by atoms with van der Waals surface area (Å²) < 4.78 is 5.93. The number of aliphatic imine (C=N–C) groups is 2. The third kappa shape index (κ3) is 16.6. The van der Waals surface area contributed by atoms with Crippen LogP contribution in [0.25, 0.3) is 5.57 Å². The van der Waals surface area contributed by atoms with Crippen LogP contribution in [0.2, 0.25) is 0 Å². The number of dihydropyridines is 2. The minimum Gasteiger partial charge on any atom is -0.384 e. The Balaban J connectivity index is 1.19. The van der Waals surface area contributed by atoms with E-state index < -0.39 is 0 Å². The fourth-order valence-electron chi connectivity index (χ4n) is 9.51. The largest absolute Gasteiger partial charge is 0.384 e. The highest BCUT2D eigenvalue weighted by atomic mass is 16.5. The molecule has 0 bridgehead atoms. The number of pyridine rings is 1. The first-order chi connectivity index (χ1) is 28.4. The van der Waals surface area contributed by atoms with E-state index in [-0.39, 0.29) is 0 Å². The molecule has 0 saturated heterocycles. The molecule has 1 saturated carbocycles. The third-order valence-electron chi connectivity index (χ3n) is 12.8. The predicted octanol–water partition coefficient (Wildman–Crippen LogP) is 8.22. The number of nitrogens with zero attached hydrogens (tertiary/aromatic N) is 6. The highest BCUT2D eigenvalue weighted by Crippen LogP contribution is 2.38. The second-order valence-electron chi connectivity index (χ2n) is 17.8. The topological polar surface area (TPSA) is 80.6 Å². The van der Waals surface area contributed by atoms with Crippen molar-refractivity contribution in [1.29, 1.82) is 0 Å². The van der Waals surface area contributed by atoms with Crippen LogP contribution in [0.3, 0.4) is 0 Å². The average molecular weight is 797 g/mol. The fraction of sp³-hybridized carbons (Fsp3) is 0.694. The number of rotatable bonds is 27. The Labute approximate surface area is 353 Å². The molecule has 2 N–H and O–H groups in total. The molecule has 58 heavy (non-hydrogen) atoms. The van der Waals surface area contributed by atoms with Crippen molar-refractivity contribution in [2.45, 2.75) is 116 Å².